The molecule has 1 rings (SSSR count). The number of benzene rings is 1. The minimum absolute atomic E-state index is 0.0536. The highest BCUT2D eigenvalue weighted by molar-refractivity contribution is 5.99. The Bertz CT molecular complexity index is 501. The third-order valence-corrected chi connectivity index (χ3v) is 2.24. The van der Waals surface area contributed by atoms with Gasteiger partial charge >= 0.3 is 12.0 Å². The van der Waals surface area contributed by atoms with Crippen molar-refractivity contribution in [2.75, 3.05) is 7.05 Å². The number of phenolic OH excluding ortho intramolecular Hbond substituents is 1. The Hall–Kier alpha value is -2.57. The Morgan fingerprint density at radius 2 is 1.89 bits per heavy atom. The van der Waals surface area contributed by atoms with Crippen molar-refractivity contribution < 1.29 is 24.2 Å². The third kappa shape index (κ3) is 3.98. The van der Waals surface area contributed by atoms with Crippen LogP contribution in [-0.4, -0.2) is 36.2 Å². The molecular weight excluding hydrogens is 252 g/mol. The van der Waals surface area contributed by atoms with E-state index in [0.29, 0.717) is 0 Å². The molecule has 0 aliphatic heterocycles. The lowest BCUT2D eigenvalue weighted by Gasteiger charge is -2.13. The second kappa shape index (κ2) is 6.39. The molecule has 0 radical (unpaired) electrons. The fourth-order valence-electron chi connectivity index (χ4n) is 1.20. The van der Waals surface area contributed by atoms with Crippen LogP contribution in [0.2, 0.25) is 0 Å². The highest BCUT2D eigenvalue weighted by Gasteiger charge is 2.21. The van der Waals surface area contributed by atoms with Crippen molar-refractivity contribution in [3.63, 3.8) is 0 Å². The molecule has 0 bridgehead atoms. The van der Waals surface area contributed by atoms with Crippen LogP contribution < -0.4 is 10.6 Å². The molecule has 7 heteroatoms. The van der Waals surface area contributed by atoms with Crippen molar-refractivity contribution in [3.05, 3.63) is 29.8 Å². The number of nitrogens with one attached hydrogen (secondary N) is 2. The molecule has 19 heavy (non-hydrogen) atoms. The van der Waals surface area contributed by atoms with Gasteiger partial charge in [0.05, 0.1) is 0 Å². The van der Waals surface area contributed by atoms with Crippen LogP contribution in [-0.2, 0) is 9.53 Å². The van der Waals surface area contributed by atoms with Crippen molar-refractivity contribution in [2.24, 2.45) is 0 Å². The van der Waals surface area contributed by atoms with Crippen LogP contribution >= 0.6 is 0 Å². The molecule has 1 unspecified atom stereocenters. The van der Waals surface area contributed by atoms with E-state index in [1.165, 1.54) is 26.1 Å². The summed E-state index contributed by atoms with van der Waals surface area (Å²) < 4.78 is 4.83. The molecule has 0 saturated heterocycles. The monoisotopic (exact) mass is 266 g/mol. The summed E-state index contributed by atoms with van der Waals surface area (Å²) in [5, 5.41) is 13.6. The quantitative estimate of drug-likeness (QED) is 0.686. The van der Waals surface area contributed by atoms with Gasteiger partial charge < -0.3 is 15.2 Å². The molecule has 0 spiro atoms. The summed E-state index contributed by atoms with van der Waals surface area (Å²) in [7, 11) is 1.35. The smallest absolute Gasteiger partial charge is 0.342 e. The number of phenols is 1. The van der Waals surface area contributed by atoms with Gasteiger partial charge in [0.2, 0.25) is 0 Å². The molecule has 0 aliphatic carbocycles. The number of rotatable bonds is 3. The first-order valence-electron chi connectivity index (χ1n) is 5.47. The topological polar surface area (TPSA) is 105 Å². The predicted molar refractivity (Wildman–Crippen MR) is 65.6 cm³/mol. The zero-order valence-electron chi connectivity index (χ0n) is 10.5. The Kier molecular flexibility index (Phi) is 4.87. The molecule has 7 nitrogen and oxygen atoms in total. The Balaban J connectivity index is 2.64. The SMILES string of the molecule is CNC(=O)NC(=O)C(C)OC(=O)c1ccccc1O. The lowest BCUT2D eigenvalue weighted by Crippen LogP contribution is -2.43. The van der Waals surface area contributed by atoms with Crippen LogP contribution in [0, 0.1) is 0 Å². The van der Waals surface area contributed by atoms with E-state index in [9.17, 15) is 19.5 Å². The van der Waals surface area contributed by atoms with Crippen LogP contribution in [0.3, 0.4) is 0 Å². The second-order valence-corrected chi connectivity index (χ2v) is 3.63. The number of hydrogen-bond acceptors (Lipinski definition) is 5. The normalized spacial score (nSPS) is 11.3. The van der Waals surface area contributed by atoms with Gasteiger partial charge in [-0.3, -0.25) is 10.1 Å². The molecule has 0 aliphatic rings. The average molecular weight is 266 g/mol. The van der Waals surface area contributed by atoms with E-state index in [-0.39, 0.29) is 11.3 Å². The van der Waals surface area contributed by atoms with Gasteiger partial charge in [0, 0.05) is 7.05 Å². The molecule has 0 heterocycles. The van der Waals surface area contributed by atoms with Gasteiger partial charge in [-0.15, -0.1) is 0 Å². The summed E-state index contributed by atoms with van der Waals surface area (Å²) in [6, 6.07) is 5.09. The van der Waals surface area contributed by atoms with Gasteiger partial charge in [-0.25, -0.2) is 9.59 Å². The molecule has 3 N–H and O–H groups in total. The molecule has 3 amide bonds. The molecule has 0 fully saturated rings. The van der Waals surface area contributed by atoms with E-state index in [2.05, 4.69) is 5.32 Å². The zero-order chi connectivity index (χ0) is 14.4. The van der Waals surface area contributed by atoms with Crippen LogP contribution in [0.25, 0.3) is 0 Å². The van der Waals surface area contributed by atoms with Crippen LogP contribution in [0.4, 0.5) is 4.79 Å². The number of carbonyl (C=O) groups excluding carboxylic acids is 3. The summed E-state index contributed by atoms with van der Waals surface area (Å²) >= 11 is 0. The molecule has 1 aromatic rings. The van der Waals surface area contributed by atoms with E-state index in [1.54, 1.807) is 12.1 Å². The van der Waals surface area contributed by atoms with Crippen molar-refractivity contribution in [2.45, 2.75) is 13.0 Å². The fourth-order valence-corrected chi connectivity index (χ4v) is 1.20. The standard InChI is InChI=1S/C12H14N2O5/c1-7(10(16)14-12(18)13-2)19-11(17)8-5-3-4-6-9(8)15/h3-7,15H,1-2H3,(H2,13,14,16,18). The van der Waals surface area contributed by atoms with E-state index in [4.69, 9.17) is 4.74 Å². The number of ether oxygens (including phenoxy) is 1. The number of imide groups is 1. The summed E-state index contributed by atoms with van der Waals surface area (Å²) in [6.45, 7) is 1.32. The Morgan fingerprint density at radius 3 is 2.47 bits per heavy atom. The summed E-state index contributed by atoms with van der Waals surface area (Å²) in [4.78, 5) is 34.0. The number of carbonyl (C=O) groups is 3. The zero-order valence-corrected chi connectivity index (χ0v) is 10.5. The van der Waals surface area contributed by atoms with E-state index < -0.39 is 24.0 Å². The largest absolute Gasteiger partial charge is 0.507 e. The number of esters is 1. The number of hydrogen-bond donors (Lipinski definition) is 3. The maximum atomic E-state index is 11.7. The van der Waals surface area contributed by atoms with Gasteiger partial charge in [-0.05, 0) is 19.1 Å². The van der Waals surface area contributed by atoms with E-state index in [0.717, 1.165) is 0 Å². The minimum Gasteiger partial charge on any atom is -0.507 e. The molecule has 0 aromatic heterocycles. The third-order valence-electron chi connectivity index (χ3n) is 2.24. The summed E-state index contributed by atoms with van der Waals surface area (Å²) in [5.41, 5.74) is -0.0536. The predicted octanol–water partition coefficient (Wildman–Crippen LogP) is 0.393. The average Bonchev–Trinajstić information content (AvgIpc) is 2.38. The van der Waals surface area contributed by atoms with Gasteiger partial charge in [-0.1, -0.05) is 12.1 Å². The van der Waals surface area contributed by atoms with E-state index >= 15 is 0 Å². The maximum Gasteiger partial charge on any atom is 0.342 e. The molecule has 1 aromatic carbocycles. The first-order chi connectivity index (χ1) is 8.95. The Labute approximate surface area is 109 Å². The highest BCUT2D eigenvalue weighted by atomic mass is 16.5. The molecule has 0 saturated carbocycles. The molecule has 102 valence electrons. The lowest BCUT2D eigenvalue weighted by atomic mass is 10.2. The minimum atomic E-state index is -1.16. The summed E-state index contributed by atoms with van der Waals surface area (Å²) in [5.74, 6) is -1.85. The number of amides is 3. The molecular formula is C12H14N2O5. The maximum absolute atomic E-state index is 11.7. The van der Waals surface area contributed by atoms with Gasteiger partial charge in [0.15, 0.2) is 6.10 Å². The van der Waals surface area contributed by atoms with Crippen LogP contribution in [0.1, 0.15) is 17.3 Å². The lowest BCUT2D eigenvalue weighted by molar-refractivity contribution is -0.127. The Morgan fingerprint density at radius 1 is 1.26 bits per heavy atom. The van der Waals surface area contributed by atoms with E-state index in [1.807, 2.05) is 5.32 Å². The fraction of sp³-hybridized carbons (Fsp3) is 0.250. The number of para-hydroxylation sites is 1. The second-order valence-electron chi connectivity index (χ2n) is 3.63. The number of urea groups is 1. The van der Waals surface area contributed by atoms with Crippen molar-refractivity contribution in [3.8, 4) is 5.75 Å². The van der Waals surface area contributed by atoms with Crippen molar-refractivity contribution in [1.82, 2.24) is 10.6 Å². The summed E-state index contributed by atoms with van der Waals surface area (Å²) in [6.07, 6.45) is -1.16. The highest BCUT2D eigenvalue weighted by Crippen LogP contribution is 2.17. The van der Waals surface area contributed by atoms with Crippen LogP contribution in [0.15, 0.2) is 24.3 Å². The molecule has 1 atom stereocenters. The van der Waals surface area contributed by atoms with Gasteiger partial charge in [0.25, 0.3) is 5.91 Å². The van der Waals surface area contributed by atoms with Crippen molar-refractivity contribution in [1.29, 1.82) is 0 Å². The van der Waals surface area contributed by atoms with Crippen molar-refractivity contribution >= 4 is 17.9 Å². The number of aromatic hydroxyl groups is 1. The van der Waals surface area contributed by atoms with Crippen LogP contribution in [0.5, 0.6) is 5.75 Å². The van der Waals surface area contributed by atoms with Gasteiger partial charge in [-0.2, -0.15) is 0 Å². The first kappa shape index (κ1) is 14.5. The van der Waals surface area contributed by atoms with Gasteiger partial charge in [0.1, 0.15) is 11.3 Å². The first-order valence-corrected chi connectivity index (χ1v) is 5.47.